The molecule has 4 nitrogen and oxygen atoms in total. The third-order valence-corrected chi connectivity index (χ3v) is 4.20. The summed E-state index contributed by atoms with van der Waals surface area (Å²) in [6, 6.07) is 22.3. The molecule has 1 amide bonds. The summed E-state index contributed by atoms with van der Waals surface area (Å²) in [6.45, 7) is 0. The van der Waals surface area contributed by atoms with Crippen molar-refractivity contribution in [1.29, 1.82) is 0 Å². The number of nitrogens with two attached hydrogens (primary N) is 1. The molecule has 0 fully saturated rings. The summed E-state index contributed by atoms with van der Waals surface area (Å²) in [5.41, 5.74) is 10.1. The van der Waals surface area contributed by atoms with Gasteiger partial charge in [0.1, 0.15) is 0 Å². The fourth-order valence-electron chi connectivity index (χ4n) is 2.90. The summed E-state index contributed by atoms with van der Waals surface area (Å²) < 4.78 is 1.71. The second-order valence-electron chi connectivity index (χ2n) is 5.68. The molecule has 4 rings (SSSR count). The number of hydrogen-bond acceptors (Lipinski definition) is 2. The predicted molar refractivity (Wildman–Crippen MR) is 93.2 cm³/mol. The molecule has 0 radical (unpaired) electrons. The highest BCUT2D eigenvalue weighted by Gasteiger charge is 2.14. The SMILES string of the molecule is NC(=O)c1ccc(-c2ccc(C(=O)n3c4ccc3cc4)cc2)cc1. The topological polar surface area (TPSA) is 65.1 Å². The molecule has 0 saturated heterocycles. The number of aromatic nitrogens is 1. The number of amides is 1. The van der Waals surface area contributed by atoms with Crippen LogP contribution >= 0.6 is 0 Å². The maximum Gasteiger partial charge on any atom is 0.262 e. The van der Waals surface area contributed by atoms with Crippen LogP contribution in [0.3, 0.4) is 0 Å². The van der Waals surface area contributed by atoms with Crippen molar-refractivity contribution in [3.63, 3.8) is 0 Å². The molecule has 0 atom stereocenters. The van der Waals surface area contributed by atoms with Crippen LogP contribution in [0.5, 0.6) is 0 Å². The standard InChI is InChI=1S/C20H14N2O2/c21-19(23)15-5-1-13(2-6-15)14-3-7-16(8-4-14)20(24)22-17-9-10-18(22)12-11-17/h1-12H,(H2,21,23). The van der Waals surface area contributed by atoms with E-state index in [1.54, 1.807) is 16.7 Å². The lowest BCUT2D eigenvalue weighted by Gasteiger charge is -2.06. The zero-order valence-electron chi connectivity index (χ0n) is 12.8. The van der Waals surface area contributed by atoms with Crippen molar-refractivity contribution in [2.24, 2.45) is 5.73 Å². The van der Waals surface area contributed by atoms with Crippen molar-refractivity contribution in [1.82, 2.24) is 4.57 Å². The highest BCUT2D eigenvalue weighted by Crippen LogP contribution is 2.23. The molecule has 0 saturated carbocycles. The zero-order chi connectivity index (χ0) is 16.7. The van der Waals surface area contributed by atoms with Gasteiger partial charge in [0.15, 0.2) is 0 Å². The summed E-state index contributed by atoms with van der Waals surface area (Å²) in [5, 5.41) is 0. The quantitative estimate of drug-likeness (QED) is 0.628. The highest BCUT2D eigenvalue weighted by atomic mass is 16.2. The van der Waals surface area contributed by atoms with E-state index in [1.807, 2.05) is 60.7 Å². The molecule has 2 N–H and O–H groups in total. The van der Waals surface area contributed by atoms with Crippen LogP contribution in [0.15, 0.2) is 72.8 Å². The zero-order valence-corrected chi connectivity index (χ0v) is 12.8. The number of hydrogen-bond donors (Lipinski definition) is 1. The lowest BCUT2D eigenvalue weighted by atomic mass is 10.0. The number of primary amides is 1. The Bertz CT molecular complexity index is 980. The molecule has 116 valence electrons. The van der Waals surface area contributed by atoms with Crippen LogP contribution in [-0.2, 0) is 0 Å². The van der Waals surface area contributed by atoms with Crippen molar-refractivity contribution in [3.8, 4) is 11.1 Å². The van der Waals surface area contributed by atoms with Crippen molar-refractivity contribution in [2.45, 2.75) is 0 Å². The van der Waals surface area contributed by atoms with Crippen LogP contribution in [0.4, 0.5) is 0 Å². The van der Waals surface area contributed by atoms with Crippen LogP contribution in [0.1, 0.15) is 20.7 Å². The van der Waals surface area contributed by atoms with Crippen molar-refractivity contribution < 1.29 is 9.59 Å². The van der Waals surface area contributed by atoms with Crippen LogP contribution < -0.4 is 5.73 Å². The summed E-state index contributed by atoms with van der Waals surface area (Å²) in [7, 11) is 0. The number of nitrogens with zero attached hydrogens (tertiary/aromatic N) is 1. The Morgan fingerprint density at radius 3 is 1.46 bits per heavy atom. The fraction of sp³-hybridized carbons (Fsp3) is 0. The van der Waals surface area contributed by atoms with Gasteiger partial charge in [-0.2, -0.15) is 0 Å². The molecule has 4 heteroatoms. The molecule has 0 unspecified atom stereocenters. The Labute approximate surface area is 138 Å². The van der Waals surface area contributed by atoms with E-state index < -0.39 is 5.91 Å². The maximum absolute atomic E-state index is 12.6. The molecule has 24 heavy (non-hydrogen) atoms. The van der Waals surface area contributed by atoms with Gasteiger partial charge in [-0.25, -0.2) is 0 Å². The second-order valence-corrected chi connectivity index (χ2v) is 5.68. The van der Waals surface area contributed by atoms with Gasteiger partial charge in [0.05, 0.1) is 0 Å². The Morgan fingerprint density at radius 1 is 0.625 bits per heavy atom. The van der Waals surface area contributed by atoms with Crippen LogP contribution in [0, 0.1) is 0 Å². The molecule has 2 aromatic carbocycles. The van der Waals surface area contributed by atoms with E-state index in [4.69, 9.17) is 5.73 Å². The Morgan fingerprint density at radius 2 is 1.04 bits per heavy atom. The first-order valence-electron chi connectivity index (χ1n) is 7.58. The molecule has 4 aromatic rings. The summed E-state index contributed by atoms with van der Waals surface area (Å²) in [5.74, 6) is -0.481. The van der Waals surface area contributed by atoms with Gasteiger partial charge in [-0.15, -0.1) is 0 Å². The van der Waals surface area contributed by atoms with E-state index in [9.17, 15) is 9.59 Å². The van der Waals surface area contributed by atoms with Gasteiger partial charge in [-0.05, 0) is 59.7 Å². The Hall–Kier alpha value is -3.40. The molecule has 0 aliphatic rings. The minimum atomic E-state index is -0.444. The average molecular weight is 314 g/mol. The van der Waals surface area contributed by atoms with Crippen molar-refractivity contribution >= 4 is 22.8 Å². The molecule has 2 heterocycles. The molecule has 0 aliphatic carbocycles. The number of rotatable bonds is 3. The van der Waals surface area contributed by atoms with E-state index in [1.165, 1.54) is 0 Å². The van der Waals surface area contributed by atoms with Gasteiger partial charge in [0, 0.05) is 22.2 Å². The maximum atomic E-state index is 12.6. The third kappa shape index (κ3) is 2.25. The molecule has 0 spiro atoms. The second kappa shape index (κ2) is 5.35. The minimum absolute atomic E-state index is 0.0365. The molecular weight excluding hydrogens is 300 g/mol. The minimum Gasteiger partial charge on any atom is -0.366 e. The van der Waals surface area contributed by atoms with E-state index in [-0.39, 0.29) is 5.91 Å². The fourth-order valence-corrected chi connectivity index (χ4v) is 2.90. The average Bonchev–Trinajstić information content (AvgIpc) is 3.22. The monoisotopic (exact) mass is 314 g/mol. The first-order chi connectivity index (χ1) is 11.6. The first-order valence-corrected chi connectivity index (χ1v) is 7.58. The molecule has 2 aromatic heterocycles. The lowest BCUT2D eigenvalue weighted by molar-refractivity contribution is 0.0967. The van der Waals surface area contributed by atoms with Crippen LogP contribution in [0.2, 0.25) is 0 Å². The number of carbonyl (C=O) groups excluding carboxylic acids is 2. The van der Waals surface area contributed by atoms with Gasteiger partial charge in [-0.1, -0.05) is 24.3 Å². The van der Waals surface area contributed by atoms with E-state index >= 15 is 0 Å². The first kappa shape index (κ1) is 14.2. The lowest BCUT2D eigenvalue weighted by Crippen LogP contribution is -2.10. The third-order valence-electron chi connectivity index (χ3n) is 4.20. The largest absolute Gasteiger partial charge is 0.366 e. The van der Waals surface area contributed by atoms with Gasteiger partial charge >= 0.3 is 0 Å². The summed E-state index contributed by atoms with van der Waals surface area (Å²) in [6.07, 6.45) is 0. The number of fused-ring (bicyclic) bond motifs is 2. The predicted octanol–water partition coefficient (Wildman–Crippen LogP) is 3.53. The normalized spacial score (nSPS) is 11.0. The van der Waals surface area contributed by atoms with Crippen molar-refractivity contribution in [2.75, 3.05) is 0 Å². The van der Waals surface area contributed by atoms with Crippen LogP contribution in [-0.4, -0.2) is 16.4 Å². The highest BCUT2D eigenvalue weighted by molar-refractivity contribution is 6.03. The van der Waals surface area contributed by atoms with Crippen LogP contribution in [0.25, 0.3) is 22.2 Å². The smallest absolute Gasteiger partial charge is 0.262 e. The Balaban J connectivity index is 1.63. The summed E-state index contributed by atoms with van der Waals surface area (Å²) in [4.78, 5) is 23.7. The van der Waals surface area contributed by atoms with Gasteiger partial charge in [0.25, 0.3) is 5.91 Å². The van der Waals surface area contributed by atoms with E-state index in [2.05, 4.69) is 0 Å². The van der Waals surface area contributed by atoms with Gasteiger partial charge in [0.2, 0.25) is 5.91 Å². The molecule has 0 aliphatic heterocycles. The van der Waals surface area contributed by atoms with Gasteiger partial charge < -0.3 is 5.73 Å². The summed E-state index contributed by atoms with van der Waals surface area (Å²) >= 11 is 0. The van der Waals surface area contributed by atoms with E-state index in [0.717, 1.165) is 22.2 Å². The van der Waals surface area contributed by atoms with Crippen molar-refractivity contribution in [3.05, 3.63) is 83.9 Å². The number of benzene rings is 3. The van der Waals surface area contributed by atoms with Gasteiger partial charge in [-0.3, -0.25) is 14.2 Å². The molecule has 2 bridgehead atoms. The Kier molecular flexibility index (Phi) is 3.17. The van der Waals surface area contributed by atoms with E-state index in [0.29, 0.717) is 11.1 Å². The molecular formula is C20H14N2O2. The number of carbonyl (C=O) groups is 2.